The molecule has 5 aromatic rings. The van der Waals surface area contributed by atoms with E-state index in [2.05, 4.69) is 0 Å². The van der Waals surface area contributed by atoms with Crippen LogP contribution in [0.2, 0.25) is 0 Å². The smallest absolute Gasteiger partial charge is 0.166 e. The second-order valence-electron chi connectivity index (χ2n) is 11.4. The van der Waals surface area contributed by atoms with Gasteiger partial charge in [0.2, 0.25) is 0 Å². The molecule has 7 heteroatoms. The minimum absolute atomic E-state index is 0.216. The van der Waals surface area contributed by atoms with Crippen LogP contribution in [0.25, 0.3) is 0 Å². The van der Waals surface area contributed by atoms with E-state index in [1.165, 1.54) is 0 Å². The first-order valence-electron chi connectivity index (χ1n) is 15.9. The monoisotopic (exact) mass is 648 g/mol. The molecule has 47 heavy (non-hydrogen) atoms. The van der Waals surface area contributed by atoms with Crippen molar-refractivity contribution in [3.05, 3.63) is 174 Å². The summed E-state index contributed by atoms with van der Waals surface area (Å²) in [7, 11) is -1.58. The SMILES string of the molecule is O=S(c1ccccc1)[C@@H]1O[C@H](COCc2ccccc2)[C@H](OCc2ccccc2)[C@H](OCc2ccccc2)[C@H]1OCc1ccccc1. The molecular weight excluding hydrogens is 609 g/mol. The summed E-state index contributed by atoms with van der Waals surface area (Å²) in [6.45, 7) is 1.58. The summed E-state index contributed by atoms with van der Waals surface area (Å²) in [4.78, 5) is 0.653. The van der Waals surface area contributed by atoms with Crippen LogP contribution in [0.4, 0.5) is 0 Å². The molecule has 6 rings (SSSR count). The molecule has 6 nitrogen and oxygen atoms in total. The molecule has 0 aromatic heterocycles. The molecular formula is C40H40O6S. The zero-order valence-corrected chi connectivity index (χ0v) is 27.0. The maximum Gasteiger partial charge on any atom is 0.166 e. The first kappa shape index (κ1) is 33.0. The topological polar surface area (TPSA) is 63.2 Å². The fourth-order valence-corrected chi connectivity index (χ4v) is 7.02. The predicted octanol–water partition coefficient (Wildman–Crippen LogP) is 7.49. The zero-order chi connectivity index (χ0) is 32.1. The van der Waals surface area contributed by atoms with Crippen molar-refractivity contribution in [2.24, 2.45) is 0 Å². The number of hydrogen-bond donors (Lipinski definition) is 0. The van der Waals surface area contributed by atoms with Gasteiger partial charge in [0.1, 0.15) is 24.4 Å². The molecule has 0 saturated carbocycles. The highest BCUT2D eigenvalue weighted by Crippen LogP contribution is 2.34. The van der Waals surface area contributed by atoms with E-state index >= 15 is 0 Å². The summed E-state index contributed by atoms with van der Waals surface area (Å²) in [5.41, 5.74) is 3.24. The number of ether oxygens (including phenoxy) is 5. The van der Waals surface area contributed by atoms with Gasteiger partial charge in [-0.15, -0.1) is 0 Å². The van der Waals surface area contributed by atoms with Crippen molar-refractivity contribution in [3.8, 4) is 0 Å². The number of benzene rings is 5. The van der Waals surface area contributed by atoms with Crippen LogP contribution in [0.5, 0.6) is 0 Å². The van der Waals surface area contributed by atoms with Gasteiger partial charge >= 0.3 is 0 Å². The summed E-state index contributed by atoms with van der Waals surface area (Å²) in [6, 6.07) is 49.4. The molecule has 0 amide bonds. The Kier molecular flexibility index (Phi) is 12.1. The predicted molar refractivity (Wildman–Crippen MR) is 183 cm³/mol. The van der Waals surface area contributed by atoms with Gasteiger partial charge in [0.05, 0.1) is 43.8 Å². The summed E-state index contributed by atoms with van der Waals surface area (Å²) < 4.78 is 47.5. The van der Waals surface area contributed by atoms with Gasteiger partial charge in [-0.3, -0.25) is 4.21 Å². The highest BCUT2D eigenvalue weighted by molar-refractivity contribution is 7.85. The Morgan fingerprint density at radius 3 is 1.32 bits per heavy atom. The Bertz CT molecular complexity index is 1620. The molecule has 0 aliphatic carbocycles. The lowest BCUT2D eigenvalue weighted by atomic mass is 9.98. The maximum absolute atomic E-state index is 14.3. The van der Waals surface area contributed by atoms with E-state index in [1.807, 2.05) is 152 Å². The molecule has 0 spiro atoms. The van der Waals surface area contributed by atoms with Gasteiger partial charge in [-0.2, -0.15) is 0 Å². The lowest BCUT2D eigenvalue weighted by molar-refractivity contribution is -0.255. The zero-order valence-electron chi connectivity index (χ0n) is 26.2. The third-order valence-electron chi connectivity index (χ3n) is 8.03. The van der Waals surface area contributed by atoms with Crippen molar-refractivity contribution in [3.63, 3.8) is 0 Å². The minimum atomic E-state index is -1.58. The van der Waals surface area contributed by atoms with Gasteiger partial charge in [0, 0.05) is 4.90 Å². The standard InChI is InChI=1S/C40H40O6S/c41-47(35-24-14-5-15-25-35)40-39(45-29-34-22-12-4-13-23-34)38(44-28-33-20-10-3-11-21-33)37(43-27-32-18-8-2-9-19-32)36(46-40)30-42-26-31-16-6-1-7-17-31/h1-25,36-40H,26-30H2/t36-,37+,38+,39-,40+,47?/m1/s1. The third-order valence-corrected chi connectivity index (χ3v) is 9.57. The summed E-state index contributed by atoms with van der Waals surface area (Å²) in [5, 5.41) is 0. The minimum Gasteiger partial charge on any atom is -0.374 e. The Labute approximate surface area is 279 Å². The van der Waals surface area contributed by atoms with E-state index in [4.69, 9.17) is 23.7 Å². The molecule has 0 bridgehead atoms. The average Bonchev–Trinajstić information content (AvgIpc) is 3.14. The Morgan fingerprint density at radius 1 is 0.468 bits per heavy atom. The fourth-order valence-electron chi connectivity index (χ4n) is 5.61. The van der Waals surface area contributed by atoms with E-state index in [-0.39, 0.29) is 6.61 Å². The van der Waals surface area contributed by atoms with Crippen molar-refractivity contribution in [1.82, 2.24) is 0 Å². The first-order valence-corrected chi connectivity index (χ1v) is 17.2. The fraction of sp³-hybridized carbons (Fsp3) is 0.250. The Hall–Kier alpha value is -3.95. The van der Waals surface area contributed by atoms with Gasteiger partial charge in [-0.1, -0.05) is 140 Å². The molecule has 1 fully saturated rings. The van der Waals surface area contributed by atoms with Crippen LogP contribution in [-0.2, 0) is 60.9 Å². The molecule has 5 aromatic carbocycles. The second kappa shape index (κ2) is 17.3. The summed E-state index contributed by atoms with van der Waals surface area (Å²) in [5.74, 6) is 0. The van der Waals surface area contributed by atoms with E-state index in [9.17, 15) is 4.21 Å². The molecule has 1 aliphatic heterocycles. The van der Waals surface area contributed by atoms with Gasteiger partial charge in [0.15, 0.2) is 5.44 Å². The van der Waals surface area contributed by atoms with Crippen LogP contribution in [0.1, 0.15) is 22.3 Å². The van der Waals surface area contributed by atoms with Crippen LogP contribution < -0.4 is 0 Å². The largest absolute Gasteiger partial charge is 0.374 e. The van der Waals surface area contributed by atoms with Gasteiger partial charge < -0.3 is 23.7 Å². The molecule has 1 unspecified atom stereocenters. The molecule has 1 heterocycles. The van der Waals surface area contributed by atoms with Crippen molar-refractivity contribution < 1.29 is 27.9 Å². The number of rotatable bonds is 15. The van der Waals surface area contributed by atoms with Crippen LogP contribution in [0.3, 0.4) is 0 Å². The summed E-state index contributed by atoms with van der Waals surface area (Å²) in [6.07, 6.45) is -2.51. The first-order chi connectivity index (χ1) is 23.2. The molecule has 242 valence electrons. The van der Waals surface area contributed by atoms with Crippen molar-refractivity contribution in [1.29, 1.82) is 0 Å². The summed E-state index contributed by atoms with van der Waals surface area (Å²) >= 11 is 0. The quantitative estimate of drug-likeness (QED) is 0.117. The molecule has 0 N–H and O–H groups in total. The van der Waals surface area contributed by atoms with Crippen LogP contribution in [0, 0.1) is 0 Å². The van der Waals surface area contributed by atoms with Gasteiger partial charge in [-0.25, -0.2) is 0 Å². The normalized spacial score (nSPS) is 21.7. The lowest BCUT2D eigenvalue weighted by Gasteiger charge is -2.45. The third kappa shape index (κ3) is 9.32. The van der Waals surface area contributed by atoms with Crippen LogP contribution in [-0.4, -0.2) is 40.7 Å². The Morgan fingerprint density at radius 2 is 0.851 bits per heavy atom. The molecule has 1 saturated heterocycles. The van der Waals surface area contributed by atoms with Crippen LogP contribution in [0.15, 0.2) is 157 Å². The maximum atomic E-state index is 14.3. The number of hydrogen-bond acceptors (Lipinski definition) is 6. The van der Waals surface area contributed by atoms with E-state index in [0.717, 1.165) is 22.3 Å². The lowest BCUT2D eigenvalue weighted by Crippen LogP contribution is -2.62. The second-order valence-corrected chi connectivity index (χ2v) is 13.0. The van der Waals surface area contributed by atoms with Crippen LogP contribution >= 0.6 is 0 Å². The Balaban J connectivity index is 1.34. The highest BCUT2D eigenvalue weighted by atomic mass is 32.2. The van der Waals surface area contributed by atoms with Gasteiger partial charge in [0.25, 0.3) is 0 Å². The molecule has 6 atom stereocenters. The average molecular weight is 649 g/mol. The molecule has 1 aliphatic rings. The van der Waals surface area contributed by atoms with E-state index in [0.29, 0.717) is 31.3 Å². The van der Waals surface area contributed by atoms with E-state index < -0.39 is 40.7 Å². The van der Waals surface area contributed by atoms with Gasteiger partial charge in [-0.05, 0) is 34.4 Å². The van der Waals surface area contributed by atoms with Crippen molar-refractivity contribution >= 4 is 10.8 Å². The van der Waals surface area contributed by atoms with Crippen molar-refractivity contribution in [2.45, 2.75) is 61.2 Å². The van der Waals surface area contributed by atoms with Crippen molar-refractivity contribution in [2.75, 3.05) is 6.61 Å². The van der Waals surface area contributed by atoms with E-state index in [1.54, 1.807) is 0 Å². The highest BCUT2D eigenvalue weighted by Gasteiger charge is 2.50. The molecule has 0 radical (unpaired) electrons.